The second-order valence-corrected chi connectivity index (χ2v) is 11.1. The molecule has 0 radical (unpaired) electrons. The van der Waals surface area contributed by atoms with Crippen LogP contribution >= 0.6 is 0 Å². The van der Waals surface area contributed by atoms with Gasteiger partial charge in [0.15, 0.2) is 6.10 Å². The Morgan fingerprint density at radius 3 is 2.24 bits per heavy atom. The van der Waals surface area contributed by atoms with Crippen LogP contribution in [0.4, 0.5) is 14.4 Å². The highest BCUT2D eigenvalue weighted by atomic mass is 16.8. The molecule has 1 fully saturated rings. The highest BCUT2D eigenvalue weighted by Crippen LogP contribution is 2.31. The molecular weight excluding hydrogens is 550 g/mol. The van der Waals surface area contributed by atoms with E-state index in [1.165, 1.54) is 6.08 Å². The molecular formula is C25H37N3O13. The van der Waals surface area contributed by atoms with Gasteiger partial charge in [0.1, 0.15) is 36.6 Å². The SMILES string of the molecule is COC(=O)C1=C[C@H](N/C(=N/C(=O)OC(C)(C)C)NC(=O)OC(C)(C)C)[C@@H](C)[C@H]([C@H](OCC(=O)O)[C@H]2COC(=O)O2)O1. The van der Waals surface area contributed by atoms with Gasteiger partial charge in [0.05, 0.1) is 13.2 Å². The Morgan fingerprint density at radius 2 is 1.73 bits per heavy atom. The molecule has 2 rings (SSSR count). The van der Waals surface area contributed by atoms with Crippen LogP contribution < -0.4 is 10.6 Å². The van der Waals surface area contributed by atoms with E-state index in [0.29, 0.717) is 0 Å². The van der Waals surface area contributed by atoms with E-state index in [0.717, 1.165) is 7.11 Å². The average Bonchev–Trinajstić information content (AvgIpc) is 3.23. The Bertz CT molecular complexity index is 1070. The summed E-state index contributed by atoms with van der Waals surface area (Å²) in [6.45, 7) is 10.4. The van der Waals surface area contributed by atoms with Crippen molar-refractivity contribution in [3.05, 3.63) is 11.8 Å². The second-order valence-electron chi connectivity index (χ2n) is 11.1. The number of nitrogens with one attached hydrogen (secondary N) is 2. The molecule has 5 atom stereocenters. The molecule has 1 saturated heterocycles. The van der Waals surface area contributed by atoms with Crippen LogP contribution in [0.2, 0.25) is 0 Å². The first-order valence-electron chi connectivity index (χ1n) is 12.6. The fourth-order valence-corrected chi connectivity index (χ4v) is 3.68. The summed E-state index contributed by atoms with van der Waals surface area (Å²) < 4.78 is 36.6. The molecule has 16 heteroatoms. The third-order valence-corrected chi connectivity index (χ3v) is 5.29. The number of hydrogen-bond acceptors (Lipinski definition) is 12. The fourth-order valence-electron chi connectivity index (χ4n) is 3.68. The van der Waals surface area contributed by atoms with Crippen molar-refractivity contribution >= 4 is 36.2 Å². The van der Waals surface area contributed by atoms with Crippen LogP contribution in [0.25, 0.3) is 0 Å². The van der Waals surface area contributed by atoms with Crippen molar-refractivity contribution in [3.63, 3.8) is 0 Å². The smallest absolute Gasteiger partial charge is 0.480 e. The van der Waals surface area contributed by atoms with E-state index < -0.39 is 78.4 Å². The Balaban J connectivity index is 2.46. The maximum absolute atomic E-state index is 12.5. The van der Waals surface area contributed by atoms with Gasteiger partial charge in [-0.3, -0.25) is 5.32 Å². The minimum Gasteiger partial charge on any atom is -0.480 e. The number of carbonyl (C=O) groups is 5. The van der Waals surface area contributed by atoms with Crippen LogP contribution in [0.1, 0.15) is 48.5 Å². The van der Waals surface area contributed by atoms with Crippen LogP contribution in [0.15, 0.2) is 16.8 Å². The zero-order valence-corrected chi connectivity index (χ0v) is 24.2. The molecule has 0 aromatic rings. The van der Waals surface area contributed by atoms with Gasteiger partial charge in [-0.25, -0.2) is 24.0 Å². The van der Waals surface area contributed by atoms with Gasteiger partial charge in [0.2, 0.25) is 11.7 Å². The molecule has 0 spiro atoms. The fraction of sp³-hybridized carbons (Fsp3) is 0.680. The van der Waals surface area contributed by atoms with Gasteiger partial charge in [0, 0.05) is 5.92 Å². The van der Waals surface area contributed by atoms with Gasteiger partial charge in [-0.15, -0.1) is 4.99 Å². The summed E-state index contributed by atoms with van der Waals surface area (Å²) in [5.41, 5.74) is -1.78. The Kier molecular flexibility index (Phi) is 10.9. The number of carboxylic acids is 1. The van der Waals surface area contributed by atoms with Crippen LogP contribution in [0.3, 0.4) is 0 Å². The summed E-state index contributed by atoms with van der Waals surface area (Å²) >= 11 is 0. The van der Waals surface area contributed by atoms with Crippen molar-refractivity contribution in [2.24, 2.45) is 10.9 Å². The average molecular weight is 588 g/mol. The number of guanidine groups is 1. The second kappa shape index (κ2) is 13.5. The molecule has 41 heavy (non-hydrogen) atoms. The van der Waals surface area contributed by atoms with Crippen LogP contribution in [0.5, 0.6) is 0 Å². The quantitative estimate of drug-likeness (QED) is 0.168. The van der Waals surface area contributed by atoms with Crippen molar-refractivity contribution in [3.8, 4) is 0 Å². The van der Waals surface area contributed by atoms with E-state index in [2.05, 4.69) is 15.6 Å². The van der Waals surface area contributed by atoms with E-state index in [-0.39, 0.29) is 18.3 Å². The largest absolute Gasteiger partial charge is 0.508 e. The zero-order chi connectivity index (χ0) is 31.1. The Hall–Kier alpha value is -4.08. The molecule has 16 nitrogen and oxygen atoms in total. The molecule has 2 aliphatic heterocycles. The molecule has 3 N–H and O–H groups in total. The summed E-state index contributed by atoms with van der Waals surface area (Å²) in [6, 6.07) is -0.923. The third kappa shape index (κ3) is 10.8. The number of esters is 1. The van der Waals surface area contributed by atoms with Crippen molar-refractivity contribution in [2.45, 2.75) is 84.0 Å². The maximum Gasteiger partial charge on any atom is 0.508 e. The molecule has 0 aliphatic carbocycles. The zero-order valence-electron chi connectivity index (χ0n) is 24.2. The number of alkyl carbamates (subject to hydrolysis) is 1. The van der Waals surface area contributed by atoms with Crippen LogP contribution in [-0.2, 0) is 42.7 Å². The molecule has 0 unspecified atom stereocenters. The number of nitrogens with zero attached hydrogens (tertiary/aromatic N) is 1. The number of amides is 2. The lowest BCUT2D eigenvalue weighted by atomic mass is 9.87. The van der Waals surface area contributed by atoms with Gasteiger partial charge in [-0.2, -0.15) is 0 Å². The summed E-state index contributed by atoms with van der Waals surface area (Å²) in [6.07, 6.45) is -5.10. The lowest BCUT2D eigenvalue weighted by Gasteiger charge is -2.40. The van der Waals surface area contributed by atoms with E-state index in [4.69, 9.17) is 33.2 Å². The highest BCUT2D eigenvalue weighted by Gasteiger charge is 2.47. The summed E-state index contributed by atoms with van der Waals surface area (Å²) in [5, 5.41) is 14.4. The molecule has 2 amide bonds. The van der Waals surface area contributed by atoms with Crippen molar-refractivity contribution < 1.29 is 62.2 Å². The number of hydrogen-bond donors (Lipinski definition) is 3. The maximum atomic E-state index is 12.5. The molecule has 0 saturated carbocycles. The number of rotatable bonds is 7. The number of carbonyl (C=O) groups excluding carboxylic acids is 4. The lowest BCUT2D eigenvalue weighted by molar-refractivity contribution is -0.163. The predicted octanol–water partition coefficient (Wildman–Crippen LogP) is 1.86. The van der Waals surface area contributed by atoms with Gasteiger partial charge < -0.3 is 43.6 Å². The lowest BCUT2D eigenvalue weighted by Crippen LogP contribution is -2.56. The predicted molar refractivity (Wildman–Crippen MR) is 138 cm³/mol. The molecule has 230 valence electrons. The van der Waals surface area contributed by atoms with Crippen LogP contribution in [0, 0.1) is 5.92 Å². The minimum atomic E-state index is -1.31. The summed E-state index contributed by atoms with van der Waals surface area (Å²) in [5.74, 6) is -3.60. The summed E-state index contributed by atoms with van der Waals surface area (Å²) in [7, 11) is 1.12. The Morgan fingerprint density at radius 1 is 1.10 bits per heavy atom. The van der Waals surface area contributed by atoms with E-state index in [9.17, 15) is 29.1 Å². The topological polar surface area (TPSA) is 207 Å². The van der Waals surface area contributed by atoms with Crippen LogP contribution in [-0.4, -0.2) is 97.2 Å². The molecule has 2 aliphatic rings. The standard InChI is InChI=1S/C25H37N3O13/c1-12-13(26-20(27-21(32)40-24(2,3)4)28-22(33)41-25(5,6)7)9-14(19(31)35-8)38-17(12)18(36-11-16(29)30)15-10-37-23(34)39-15/h9,12-13,15,17-18H,10-11H2,1-8H3,(H,29,30)(H2,26,27,28,32,33)/t12-,13+,15-,17-,18-/m1/s1. The van der Waals surface area contributed by atoms with E-state index >= 15 is 0 Å². The summed E-state index contributed by atoms with van der Waals surface area (Å²) in [4.78, 5) is 64.3. The number of aliphatic carboxylic acids is 1. The van der Waals surface area contributed by atoms with Gasteiger partial charge in [0.25, 0.3) is 0 Å². The number of carboxylic acid groups (broad SMARTS) is 1. The van der Waals surface area contributed by atoms with Gasteiger partial charge >= 0.3 is 30.3 Å². The number of cyclic esters (lactones) is 2. The first-order valence-corrected chi connectivity index (χ1v) is 12.6. The molecule has 2 heterocycles. The van der Waals surface area contributed by atoms with Crippen molar-refractivity contribution in [1.29, 1.82) is 0 Å². The monoisotopic (exact) mass is 587 g/mol. The van der Waals surface area contributed by atoms with E-state index in [1.54, 1.807) is 48.5 Å². The minimum absolute atomic E-state index is 0.267. The molecule has 0 aromatic heterocycles. The van der Waals surface area contributed by atoms with Gasteiger partial charge in [-0.1, -0.05) is 6.92 Å². The number of methoxy groups -OCH3 is 1. The molecule has 0 aromatic carbocycles. The van der Waals surface area contributed by atoms with Gasteiger partial charge in [-0.05, 0) is 47.6 Å². The number of ether oxygens (including phenoxy) is 7. The first-order chi connectivity index (χ1) is 18.9. The highest BCUT2D eigenvalue weighted by molar-refractivity contribution is 5.99. The third-order valence-electron chi connectivity index (χ3n) is 5.29. The Labute approximate surface area is 236 Å². The molecule has 0 bridgehead atoms. The van der Waals surface area contributed by atoms with Crippen molar-refractivity contribution in [2.75, 3.05) is 20.3 Å². The van der Waals surface area contributed by atoms with E-state index in [1.807, 2.05) is 0 Å². The number of aliphatic imine (C=N–C) groups is 1. The first kappa shape index (κ1) is 33.1. The normalized spacial score (nSPS) is 23.6. The van der Waals surface area contributed by atoms with Crippen molar-refractivity contribution in [1.82, 2.24) is 10.6 Å².